The second-order valence-electron chi connectivity index (χ2n) is 4.76. The Morgan fingerprint density at radius 2 is 1.74 bits per heavy atom. The second-order valence-corrected chi connectivity index (χ2v) is 4.76. The highest BCUT2D eigenvalue weighted by atomic mass is 16.5. The van der Waals surface area contributed by atoms with E-state index in [-0.39, 0.29) is 5.84 Å². The van der Waals surface area contributed by atoms with Gasteiger partial charge in [-0.05, 0) is 12.8 Å². The van der Waals surface area contributed by atoms with E-state index in [1.54, 1.807) is 7.11 Å². The van der Waals surface area contributed by atoms with Crippen LogP contribution in [0.15, 0.2) is 0 Å². The lowest BCUT2D eigenvalue weighted by Crippen LogP contribution is -2.33. The normalized spacial score (nSPS) is 15.1. The zero-order valence-corrected chi connectivity index (χ0v) is 11.9. The molecule has 0 atom stereocenters. The Hall–Kier alpha value is -0.690. The quantitative estimate of drug-likeness (QED) is 0.289. The number of methoxy groups -OCH3 is 1. The third-order valence-electron chi connectivity index (χ3n) is 3.06. The van der Waals surface area contributed by atoms with E-state index in [2.05, 4.69) is 4.90 Å². The van der Waals surface area contributed by atoms with Gasteiger partial charge in [0, 0.05) is 32.7 Å². The van der Waals surface area contributed by atoms with Crippen molar-refractivity contribution in [2.24, 2.45) is 5.73 Å². The van der Waals surface area contributed by atoms with Gasteiger partial charge in [0.05, 0.1) is 38.9 Å². The van der Waals surface area contributed by atoms with E-state index >= 15 is 0 Å². The van der Waals surface area contributed by atoms with Crippen LogP contribution in [-0.2, 0) is 14.2 Å². The molecule has 0 saturated heterocycles. The van der Waals surface area contributed by atoms with E-state index in [4.69, 9.17) is 25.4 Å². The first-order valence-electron chi connectivity index (χ1n) is 6.95. The lowest BCUT2D eigenvalue weighted by atomic mass is 10.3. The summed E-state index contributed by atoms with van der Waals surface area (Å²) in [5.41, 5.74) is 5.39. The minimum Gasteiger partial charge on any atom is -0.388 e. The number of amidine groups is 1. The zero-order valence-electron chi connectivity index (χ0n) is 11.9. The molecule has 1 aliphatic rings. The van der Waals surface area contributed by atoms with Crippen LogP contribution >= 0.6 is 0 Å². The minimum absolute atomic E-state index is 0.262. The molecular weight excluding hydrogens is 246 g/mol. The van der Waals surface area contributed by atoms with Crippen molar-refractivity contribution >= 4 is 5.84 Å². The highest BCUT2D eigenvalue weighted by Gasteiger charge is 2.28. The van der Waals surface area contributed by atoms with Gasteiger partial charge in [0.25, 0.3) is 0 Å². The zero-order chi connectivity index (χ0) is 13.9. The molecule has 112 valence electrons. The molecule has 1 rings (SSSR count). The molecule has 0 aromatic carbocycles. The molecule has 0 radical (unpaired) electrons. The maximum Gasteiger partial charge on any atom is 0.0918 e. The first-order valence-corrected chi connectivity index (χ1v) is 6.95. The Bertz CT molecular complexity index is 247. The molecule has 0 heterocycles. The fraction of sp³-hybridized carbons (Fsp3) is 0.923. The third-order valence-corrected chi connectivity index (χ3v) is 3.06. The average Bonchev–Trinajstić information content (AvgIpc) is 3.20. The van der Waals surface area contributed by atoms with Gasteiger partial charge in [0.1, 0.15) is 0 Å². The monoisotopic (exact) mass is 273 g/mol. The fourth-order valence-corrected chi connectivity index (χ4v) is 1.83. The van der Waals surface area contributed by atoms with Crippen LogP contribution in [0.5, 0.6) is 0 Å². The Morgan fingerprint density at radius 3 is 2.32 bits per heavy atom. The molecule has 1 aliphatic carbocycles. The summed E-state index contributed by atoms with van der Waals surface area (Å²) in [5, 5.41) is 7.27. The summed E-state index contributed by atoms with van der Waals surface area (Å²) in [6.45, 7) is 4.97. The van der Waals surface area contributed by atoms with Gasteiger partial charge in [-0.25, -0.2) is 0 Å². The van der Waals surface area contributed by atoms with Crippen molar-refractivity contribution in [1.82, 2.24) is 4.90 Å². The van der Waals surface area contributed by atoms with Crippen LogP contribution < -0.4 is 5.73 Å². The van der Waals surface area contributed by atoms with Crippen LogP contribution in [0.4, 0.5) is 0 Å². The highest BCUT2D eigenvalue weighted by molar-refractivity contribution is 5.76. The standard InChI is InChI=1S/C13H27N3O3/c1-17-8-9-19-11-10-18-7-6-16(12-2-3-12)5-4-13(14)15/h12H,2-11H2,1H3,(H3,14,15). The lowest BCUT2D eigenvalue weighted by Gasteiger charge is -2.21. The van der Waals surface area contributed by atoms with Crippen LogP contribution in [0.1, 0.15) is 19.3 Å². The molecule has 0 bridgehead atoms. The Morgan fingerprint density at radius 1 is 1.11 bits per heavy atom. The van der Waals surface area contributed by atoms with E-state index in [1.165, 1.54) is 12.8 Å². The summed E-state index contributed by atoms with van der Waals surface area (Å²) in [5.74, 6) is 0.262. The van der Waals surface area contributed by atoms with Gasteiger partial charge in [-0.3, -0.25) is 10.3 Å². The summed E-state index contributed by atoms with van der Waals surface area (Å²) in [6.07, 6.45) is 3.17. The molecule has 0 aromatic heterocycles. The minimum atomic E-state index is 0.262. The lowest BCUT2D eigenvalue weighted by molar-refractivity contribution is 0.0191. The number of nitrogens with zero attached hydrogens (tertiary/aromatic N) is 1. The number of rotatable bonds is 13. The van der Waals surface area contributed by atoms with Gasteiger partial charge in [-0.15, -0.1) is 0 Å². The highest BCUT2D eigenvalue weighted by Crippen LogP contribution is 2.26. The maximum atomic E-state index is 7.27. The smallest absolute Gasteiger partial charge is 0.0918 e. The molecule has 0 amide bonds. The Labute approximate surface area is 115 Å². The fourth-order valence-electron chi connectivity index (χ4n) is 1.83. The molecule has 0 spiro atoms. The van der Waals surface area contributed by atoms with Gasteiger partial charge in [-0.2, -0.15) is 0 Å². The second kappa shape index (κ2) is 10.1. The molecule has 1 saturated carbocycles. The predicted molar refractivity (Wildman–Crippen MR) is 74.6 cm³/mol. The number of ether oxygens (including phenoxy) is 3. The van der Waals surface area contributed by atoms with Crippen molar-refractivity contribution < 1.29 is 14.2 Å². The van der Waals surface area contributed by atoms with Gasteiger partial charge in [0.2, 0.25) is 0 Å². The largest absolute Gasteiger partial charge is 0.388 e. The molecule has 6 heteroatoms. The molecule has 6 nitrogen and oxygen atoms in total. The van der Waals surface area contributed by atoms with E-state index < -0.39 is 0 Å². The molecule has 3 N–H and O–H groups in total. The van der Waals surface area contributed by atoms with Crippen LogP contribution in [-0.4, -0.2) is 70.0 Å². The molecule has 19 heavy (non-hydrogen) atoms. The number of hydrogen-bond donors (Lipinski definition) is 2. The molecular formula is C13H27N3O3. The number of hydrogen-bond acceptors (Lipinski definition) is 5. The van der Waals surface area contributed by atoms with Crippen molar-refractivity contribution in [2.75, 3.05) is 53.2 Å². The SMILES string of the molecule is COCCOCCOCCN(CCC(=N)N)C1CC1. The molecule has 1 fully saturated rings. The van der Waals surface area contributed by atoms with E-state index in [1.807, 2.05) is 0 Å². The first kappa shape index (κ1) is 16.4. The Kier molecular flexibility index (Phi) is 8.73. The van der Waals surface area contributed by atoms with Crippen molar-refractivity contribution in [1.29, 1.82) is 5.41 Å². The number of nitrogens with one attached hydrogen (secondary N) is 1. The molecule has 0 aromatic rings. The summed E-state index contributed by atoms with van der Waals surface area (Å²) < 4.78 is 15.7. The average molecular weight is 273 g/mol. The maximum absolute atomic E-state index is 7.27. The van der Waals surface area contributed by atoms with E-state index in [0.717, 1.165) is 13.1 Å². The van der Waals surface area contributed by atoms with Crippen molar-refractivity contribution in [3.05, 3.63) is 0 Å². The first-order chi connectivity index (χ1) is 9.24. The van der Waals surface area contributed by atoms with E-state index in [0.29, 0.717) is 45.5 Å². The van der Waals surface area contributed by atoms with Crippen molar-refractivity contribution in [2.45, 2.75) is 25.3 Å². The Balaban J connectivity index is 1.94. The summed E-state index contributed by atoms with van der Waals surface area (Å²) in [4.78, 5) is 2.37. The summed E-state index contributed by atoms with van der Waals surface area (Å²) in [7, 11) is 1.66. The third kappa shape index (κ3) is 8.93. The van der Waals surface area contributed by atoms with Gasteiger partial charge in [0.15, 0.2) is 0 Å². The topological polar surface area (TPSA) is 80.8 Å². The van der Waals surface area contributed by atoms with Crippen LogP contribution in [0.2, 0.25) is 0 Å². The predicted octanol–water partition coefficient (Wildman–Crippen LogP) is 0.456. The number of nitrogens with two attached hydrogens (primary N) is 1. The van der Waals surface area contributed by atoms with Crippen LogP contribution in [0.25, 0.3) is 0 Å². The van der Waals surface area contributed by atoms with Crippen LogP contribution in [0.3, 0.4) is 0 Å². The molecule has 0 aliphatic heterocycles. The van der Waals surface area contributed by atoms with Crippen LogP contribution in [0, 0.1) is 5.41 Å². The van der Waals surface area contributed by atoms with Gasteiger partial charge in [-0.1, -0.05) is 0 Å². The van der Waals surface area contributed by atoms with Crippen molar-refractivity contribution in [3.8, 4) is 0 Å². The van der Waals surface area contributed by atoms with Crippen molar-refractivity contribution in [3.63, 3.8) is 0 Å². The summed E-state index contributed by atoms with van der Waals surface area (Å²) >= 11 is 0. The summed E-state index contributed by atoms with van der Waals surface area (Å²) in [6, 6.07) is 0.681. The van der Waals surface area contributed by atoms with Gasteiger partial charge < -0.3 is 19.9 Å². The van der Waals surface area contributed by atoms with Gasteiger partial charge >= 0.3 is 0 Å². The van der Waals surface area contributed by atoms with E-state index in [9.17, 15) is 0 Å². The molecule has 0 unspecified atom stereocenters.